The number of hydrogen-bond acceptors (Lipinski definition) is 3. The SMILES string of the molecule is CC(N)CC1CCOC2(CCOC2)C1. The molecule has 14 heavy (non-hydrogen) atoms. The first-order chi connectivity index (χ1) is 6.70. The minimum Gasteiger partial charge on any atom is -0.378 e. The predicted molar refractivity (Wildman–Crippen MR) is 55.1 cm³/mol. The normalized spacial score (nSPS) is 40.3. The van der Waals surface area contributed by atoms with E-state index in [9.17, 15) is 0 Å². The standard InChI is InChI=1S/C11H21NO2/c1-9(12)6-10-2-4-14-11(7-10)3-5-13-8-11/h9-10H,2-8,12H2,1H3. The molecule has 2 heterocycles. The van der Waals surface area contributed by atoms with Crippen molar-refractivity contribution in [3.05, 3.63) is 0 Å². The molecule has 0 bridgehead atoms. The van der Waals surface area contributed by atoms with Crippen molar-refractivity contribution in [3.63, 3.8) is 0 Å². The van der Waals surface area contributed by atoms with E-state index in [1.807, 2.05) is 0 Å². The van der Waals surface area contributed by atoms with Crippen LogP contribution in [0.2, 0.25) is 0 Å². The Morgan fingerprint density at radius 2 is 2.36 bits per heavy atom. The van der Waals surface area contributed by atoms with Gasteiger partial charge in [0.15, 0.2) is 0 Å². The van der Waals surface area contributed by atoms with Crippen molar-refractivity contribution in [1.82, 2.24) is 0 Å². The van der Waals surface area contributed by atoms with Gasteiger partial charge in [-0.15, -0.1) is 0 Å². The van der Waals surface area contributed by atoms with Crippen LogP contribution in [-0.2, 0) is 9.47 Å². The molecule has 0 radical (unpaired) electrons. The number of nitrogens with two attached hydrogens (primary N) is 1. The molecule has 1 spiro atoms. The van der Waals surface area contributed by atoms with Gasteiger partial charge in [-0.1, -0.05) is 0 Å². The van der Waals surface area contributed by atoms with Crippen LogP contribution in [0, 0.1) is 5.92 Å². The lowest BCUT2D eigenvalue weighted by Crippen LogP contribution is -2.41. The highest BCUT2D eigenvalue weighted by Gasteiger charge is 2.40. The first kappa shape index (κ1) is 10.4. The van der Waals surface area contributed by atoms with Crippen molar-refractivity contribution in [1.29, 1.82) is 0 Å². The molecule has 0 aromatic heterocycles. The van der Waals surface area contributed by atoms with Crippen LogP contribution in [0.25, 0.3) is 0 Å². The Morgan fingerprint density at radius 3 is 3.00 bits per heavy atom. The second kappa shape index (κ2) is 4.17. The van der Waals surface area contributed by atoms with Crippen LogP contribution in [0.4, 0.5) is 0 Å². The monoisotopic (exact) mass is 199 g/mol. The smallest absolute Gasteiger partial charge is 0.0939 e. The molecule has 2 aliphatic heterocycles. The van der Waals surface area contributed by atoms with E-state index in [1.165, 1.54) is 6.42 Å². The van der Waals surface area contributed by atoms with Gasteiger partial charge in [-0.3, -0.25) is 0 Å². The van der Waals surface area contributed by atoms with Crippen molar-refractivity contribution >= 4 is 0 Å². The molecule has 3 nitrogen and oxygen atoms in total. The minimum atomic E-state index is 0.0534. The van der Waals surface area contributed by atoms with E-state index in [4.69, 9.17) is 15.2 Å². The largest absolute Gasteiger partial charge is 0.378 e. The molecule has 3 unspecified atom stereocenters. The Balaban J connectivity index is 1.90. The van der Waals surface area contributed by atoms with E-state index < -0.39 is 0 Å². The highest BCUT2D eigenvalue weighted by atomic mass is 16.6. The second-order valence-electron chi connectivity index (χ2n) is 4.91. The molecule has 3 heteroatoms. The van der Waals surface area contributed by atoms with E-state index in [0.29, 0.717) is 6.04 Å². The van der Waals surface area contributed by atoms with E-state index in [0.717, 1.165) is 45.0 Å². The molecule has 82 valence electrons. The zero-order valence-corrected chi connectivity index (χ0v) is 9.00. The van der Waals surface area contributed by atoms with Gasteiger partial charge in [0.25, 0.3) is 0 Å². The third-order valence-corrected chi connectivity index (χ3v) is 3.37. The molecule has 0 aromatic carbocycles. The summed E-state index contributed by atoms with van der Waals surface area (Å²) < 4.78 is 11.3. The molecule has 3 atom stereocenters. The van der Waals surface area contributed by atoms with Crippen LogP contribution in [0.5, 0.6) is 0 Å². The van der Waals surface area contributed by atoms with Crippen LogP contribution in [0.15, 0.2) is 0 Å². The molecule has 0 saturated carbocycles. The average molecular weight is 199 g/mol. The zero-order valence-electron chi connectivity index (χ0n) is 9.00. The Bertz CT molecular complexity index is 188. The Labute approximate surface area is 85.9 Å². The van der Waals surface area contributed by atoms with Gasteiger partial charge in [0, 0.05) is 25.7 Å². The van der Waals surface area contributed by atoms with Gasteiger partial charge in [0.05, 0.1) is 12.2 Å². The van der Waals surface area contributed by atoms with Gasteiger partial charge in [-0.25, -0.2) is 0 Å². The lowest BCUT2D eigenvalue weighted by molar-refractivity contribution is -0.0992. The summed E-state index contributed by atoms with van der Waals surface area (Å²) in [5.74, 6) is 0.741. The van der Waals surface area contributed by atoms with Crippen LogP contribution in [0.1, 0.15) is 32.6 Å². The molecule has 2 rings (SSSR count). The lowest BCUT2D eigenvalue weighted by Gasteiger charge is -2.37. The van der Waals surface area contributed by atoms with E-state index in [2.05, 4.69) is 6.92 Å². The minimum absolute atomic E-state index is 0.0534. The molecule has 2 fully saturated rings. The highest BCUT2D eigenvalue weighted by Crippen LogP contribution is 2.37. The quantitative estimate of drug-likeness (QED) is 0.729. The van der Waals surface area contributed by atoms with Gasteiger partial charge < -0.3 is 15.2 Å². The molecule has 2 aliphatic rings. The number of ether oxygens (including phenoxy) is 2. The third kappa shape index (κ3) is 2.27. The second-order valence-corrected chi connectivity index (χ2v) is 4.91. The van der Waals surface area contributed by atoms with Gasteiger partial charge in [0.1, 0.15) is 0 Å². The summed E-state index contributed by atoms with van der Waals surface area (Å²) in [7, 11) is 0. The van der Waals surface area contributed by atoms with E-state index in [1.54, 1.807) is 0 Å². The van der Waals surface area contributed by atoms with Crippen molar-refractivity contribution < 1.29 is 9.47 Å². The summed E-state index contributed by atoms with van der Waals surface area (Å²) in [6.07, 6.45) is 4.52. The molecule has 0 amide bonds. The summed E-state index contributed by atoms with van der Waals surface area (Å²) in [5, 5.41) is 0. The van der Waals surface area contributed by atoms with E-state index >= 15 is 0 Å². The molecule has 2 N–H and O–H groups in total. The van der Waals surface area contributed by atoms with Crippen molar-refractivity contribution in [2.45, 2.75) is 44.2 Å². The highest BCUT2D eigenvalue weighted by molar-refractivity contribution is 4.90. The number of hydrogen-bond donors (Lipinski definition) is 1. The third-order valence-electron chi connectivity index (χ3n) is 3.37. The van der Waals surface area contributed by atoms with Gasteiger partial charge in [0.2, 0.25) is 0 Å². The number of rotatable bonds is 2. The maximum Gasteiger partial charge on any atom is 0.0939 e. The van der Waals surface area contributed by atoms with Gasteiger partial charge in [-0.2, -0.15) is 0 Å². The fourth-order valence-electron chi connectivity index (χ4n) is 2.72. The fraction of sp³-hybridized carbons (Fsp3) is 1.00. The summed E-state index contributed by atoms with van der Waals surface area (Å²) in [5.41, 5.74) is 5.89. The van der Waals surface area contributed by atoms with Crippen LogP contribution in [0.3, 0.4) is 0 Å². The van der Waals surface area contributed by atoms with E-state index in [-0.39, 0.29) is 5.60 Å². The van der Waals surface area contributed by atoms with Gasteiger partial charge in [-0.05, 0) is 32.1 Å². The van der Waals surface area contributed by atoms with Crippen LogP contribution >= 0.6 is 0 Å². The van der Waals surface area contributed by atoms with Crippen LogP contribution < -0.4 is 5.73 Å². The van der Waals surface area contributed by atoms with Crippen molar-refractivity contribution in [3.8, 4) is 0 Å². The molecule has 2 saturated heterocycles. The topological polar surface area (TPSA) is 44.5 Å². The molecular weight excluding hydrogens is 178 g/mol. The first-order valence-corrected chi connectivity index (χ1v) is 5.67. The van der Waals surface area contributed by atoms with Crippen LogP contribution in [-0.4, -0.2) is 31.5 Å². The Kier molecular flexibility index (Phi) is 3.10. The van der Waals surface area contributed by atoms with Crippen molar-refractivity contribution in [2.75, 3.05) is 19.8 Å². The predicted octanol–water partition coefficient (Wildman–Crippen LogP) is 1.31. The maximum atomic E-state index is 5.87. The summed E-state index contributed by atoms with van der Waals surface area (Å²) >= 11 is 0. The fourth-order valence-corrected chi connectivity index (χ4v) is 2.72. The Hall–Kier alpha value is -0.120. The van der Waals surface area contributed by atoms with Gasteiger partial charge >= 0.3 is 0 Å². The molecule has 0 aromatic rings. The summed E-state index contributed by atoms with van der Waals surface area (Å²) in [6.45, 7) is 4.64. The summed E-state index contributed by atoms with van der Waals surface area (Å²) in [4.78, 5) is 0. The van der Waals surface area contributed by atoms with Crippen molar-refractivity contribution in [2.24, 2.45) is 11.7 Å². The molecular formula is C11H21NO2. The Morgan fingerprint density at radius 1 is 1.50 bits per heavy atom. The molecule has 0 aliphatic carbocycles. The average Bonchev–Trinajstić information content (AvgIpc) is 2.52. The lowest BCUT2D eigenvalue weighted by atomic mass is 9.82. The first-order valence-electron chi connectivity index (χ1n) is 5.67. The zero-order chi connectivity index (χ0) is 10.0. The maximum absolute atomic E-state index is 5.87. The summed E-state index contributed by atoms with van der Waals surface area (Å²) in [6, 6.07) is 0.317.